The standard InChI is InChI=1S/C13H15F3N2OS.ClH/c14-13(15,16)20-11-4-2-1-3-10(11)18-12(19)9-5-7-17-8-6-9;/h1-4,9,17H,5-8H2,(H,18,19);1H. The Morgan fingerprint density at radius 3 is 2.48 bits per heavy atom. The zero-order chi connectivity index (χ0) is 14.6. The number of halogens is 4. The molecule has 118 valence electrons. The molecule has 1 saturated heterocycles. The van der Waals surface area contributed by atoms with Crippen LogP contribution in [0.2, 0.25) is 0 Å². The molecule has 2 N–H and O–H groups in total. The van der Waals surface area contributed by atoms with Gasteiger partial charge in [0.05, 0.1) is 5.69 Å². The molecule has 0 radical (unpaired) electrons. The number of para-hydroxylation sites is 1. The Labute approximate surface area is 131 Å². The Hall–Kier alpha value is -0.920. The maximum absolute atomic E-state index is 12.5. The third-order valence-electron chi connectivity index (χ3n) is 3.08. The molecular formula is C13H16ClF3N2OS. The molecule has 1 heterocycles. The van der Waals surface area contributed by atoms with Crippen molar-refractivity contribution in [1.29, 1.82) is 0 Å². The molecule has 0 bridgehead atoms. The second-order valence-electron chi connectivity index (χ2n) is 4.56. The van der Waals surface area contributed by atoms with Crippen LogP contribution >= 0.6 is 24.2 Å². The highest BCUT2D eigenvalue weighted by Crippen LogP contribution is 2.40. The topological polar surface area (TPSA) is 41.1 Å². The van der Waals surface area contributed by atoms with Gasteiger partial charge in [-0.05, 0) is 49.8 Å². The van der Waals surface area contributed by atoms with E-state index in [1.807, 2.05) is 0 Å². The van der Waals surface area contributed by atoms with Crippen LogP contribution in [0.1, 0.15) is 12.8 Å². The third kappa shape index (κ3) is 5.76. The van der Waals surface area contributed by atoms with Gasteiger partial charge in [0, 0.05) is 10.8 Å². The van der Waals surface area contributed by atoms with E-state index in [2.05, 4.69) is 10.6 Å². The number of hydrogen-bond donors (Lipinski definition) is 2. The van der Waals surface area contributed by atoms with E-state index in [0.29, 0.717) is 12.8 Å². The van der Waals surface area contributed by atoms with Gasteiger partial charge < -0.3 is 10.6 Å². The second-order valence-corrected chi connectivity index (χ2v) is 5.66. The van der Waals surface area contributed by atoms with Crippen molar-refractivity contribution in [1.82, 2.24) is 5.32 Å². The molecule has 0 spiro atoms. The first-order valence-electron chi connectivity index (χ1n) is 6.32. The average Bonchev–Trinajstić information content (AvgIpc) is 2.40. The predicted molar refractivity (Wildman–Crippen MR) is 79.8 cm³/mol. The van der Waals surface area contributed by atoms with Crippen LogP contribution in [0.4, 0.5) is 18.9 Å². The molecule has 21 heavy (non-hydrogen) atoms. The van der Waals surface area contributed by atoms with Crippen LogP contribution < -0.4 is 10.6 Å². The Balaban J connectivity index is 0.00000220. The molecule has 0 aromatic heterocycles. The fourth-order valence-electron chi connectivity index (χ4n) is 2.10. The lowest BCUT2D eigenvalue weighted by Crippen LogP contribution is -2.34. The van der Waals surface area contributed by atoms with Crippen molar-refractivity contribution in [2.75, 3.05) is 18.4 Å². The molecular weight excluding hydrogens is 325 g/mol. The molecule has 0 atom stereocenters. The number of thioether (sulfide) groups is 1. The summed E-state index contributed by atoms with van der Waals surface area (Å²) in [4.78, 5) is 12.1. The molecule has 0 unspecified atom stereocenters. The maximum Gasteiger partial charge on any atom is 0.446 e. The van der Waals surface area contributed by atoms with Gasteiger partial charge in [-0.2, -0.15) is 13.2 Å². The van der Waals surface area contributed by atoms with E-state index in [4.69, 9.17) is 0 Å². The quantitative estimate of drug-likeness (QED) is 0.825. The van der Waals surface area contributed by atoms with Gasteiger partial charge in [-0.1, -0.05) is 12.1 Å². The lowest BCUT2D eigenvalue weighted by molar-refractivity contribution is -0.120. The SMILES string of the molecule is Cl.O=C(Nc1ccccc1SC(F)(F)F)C1CCNCC1. The van der Waals surface area contributed by atoms with E-state index in [9.17, 15) is 18.0 Å². The largest absolute Gasteiger partial charge is 0.446 e. The molecule has 2 rings (SSSR count). The van der Waals surface area contributed by atoms with Gasteiger partial charge in [0.1, 0.15) is 0 Å². The predicted octanol–water partition coefficient (Wildman–Crippen LogP) is 3.66. The Morgan fingerprint density at radius 2 is 1.86 bits per heavy atom. The zero-order valence-corrected chi connectivity index (χ0v) is 12.7. The van der Waals surface area contributed by atoms with Crippen molar-refractivity contribution in [3.8, 4) is 0 Å². The first-order valence-corrected chi connectivity index (χ1v) is 7.14. The number of anilines is 1. The fraction of sp³-hybridized carbons (Fsp3) is 0.462. The molecule has 1 aromatic carbocycles. The molecule has 1 aliphatic heterocycles. The Morgan fingerprint density at radius 1 is 1.24 bits per heavy atom. The Kier molecular flexibility index (Phi) is 6.83. The van der Waals surface area contributed by atoms with Gasteiger partial charge in [-0.15, -0.1) is 12.4 Å². The summed E-state index contributed by atoms with van der Waals surface area (Å²) in [5.74, 6) is -0.345. The summed E-state index contributed by atoms with van der Waals surface area (Å²) >= 11 is -0.211. The van der Waals surface area contributed by atoms with E-state index in [-0.39, 0.29) is 46.6 Å². The van der Waals surface area contributed by atoms with Gasteiger partial charge in [-0.25, -0.2) is 0 Å². The summed E-state index contributed by atoms with van der Waals surface area (Å²) in [7, 11) is 0. The first kappa shape index (κ1) is 18.1. The molecule has 1 aromatic rings. The third-order valence-corrected chi connectivity index (χ3v) is 3.89. The van der Waals surface area contributed by atoms with E-state index in [1.165, 1.54) is 18.2 Å². The number of carbonyl (C=O) groups excluding carboxylic acids is 1. The summed E-state index contributed by atoms with van der Waals surface area (Å²) in [5.41, 5.74) is -4.14. The van der Waals surface area contributed by atoms with Gasteiger partial charge >= 0.3 is 5.51 Å². The van der Waals surface area contributed by atoms with Gasteiger partial charge in [0.25, 0.3) is 0 Å². The van der Waals surface area contributed by atoms with E-state index in [1.54, 1.807) is 6.07 Å². The van der Waals surface area contributed by atoms with Crippen LogP contribution in [-0.2, 0) is 4.79 Å². The summed E-state index contributed by atoms with van der Waals surface area (Å²) < 4.78 is 37.4. The van der Waals surface area contributed by atoms with E-state index < -0.39 is 5.51 Å². The zero-order valence-electron chi connectivity index (χ0n) is 11.1. The monoisotopic (exact) mass is 340 g/mol. The van der Waals surface area contributed by atoms with Crippen molar-refractivity contribution in [3.05, 3.63) is 24.3 Å². The number of nitrogens with one attached hydrogen (secondary N) is 2. The van der Waals surface area contributed by atoms with Crippen molar-refractivity contribution in [2.24, 2.45) is 5.92 Å². The molecule has 1 amide bonds. The highest BCUT2D eigenvalue weighted by atomic mass is 35.5. The van der Waals surface area contributed by atoms with Crippen molar-refractivity contribution < 1.29 is 18.0 Å². The Bertz CT molecular complexity index is 479. The number of benzene rings is 1. The van der Waals surface area contributed by atoms with Crippen LogP contribution in [0.15, 0.2) is 29.2 Å². The molecule has 3 nitrogen and oxygen atoms in total. The molecule has 8 heteroatoms. The molecule has 1 aliphatic rings. The van der Waals surface area contributed by atoms with Gasteiger partial charge in [-0.3, -0.25) is 4.79 Å². The minimum absolute atomic E-state index is 0. The number of carbonyl (C=O) groups is 1. The van der Waals surface area contributed by atoms with Crippen molar-refractivity contribution in [2.45, 2.75) is 23.2 Å². The number of piperidine rings is 1. The smallest absolute Gasteiger partial charge is 0.325 e. The van der Waals surface area contributed by atoms with Crippen molar-refractivity contribution >= 4 is 35.8 Å². The van der Waals surface area contributed by atoms with Crippen LogP contribution in [0.3, 0.4) is 0 Å². The highest BCUT2D eigenvalue weighted by Gasteiger charge is 2.31. The lowest BCUT2D eigenvalue weighted by atomic mass is 9.97. The summed E-state index contributed by atoms with van der Waals surface area (Å²) in [6.45, 7) is 1.52. The van der Waals surface area contributed by atoms with Crippen LogP contribution in [0.5, 0.6) is 0 Å². The van der Waals surface area contributed by atoms with E-state index >= 15 is 0 Å². The van der Waals surface area contributed by atoms with Crippen molar-refractivity contribution in [3.63, 3.8) is 0 Å². The van der Waals surface area contributed by atoms with Gasteiger partial charge in [0.2, 0.25) is 5.91 Å². The highest BCUT2D eigenvalue weighted by molar-refractivity contribution is 8.00. The summed E-state index contributed by atoms with van der Waals surface area (Å²) in [5, 5.41) is 5.76. The number of hydrogen-bond acceptors (Lipinski definition) is 3. The second kappa shape index (κ2) is 7.91. The molecule has 1 fully saturated rings. The number of amides is 1. The minimum atomic E-state index is -4.37. The van der Waals surface area contributed by atoms with Crippen LogP contribution in [-0.4, -0.2) is 24.5 Å². The number of rotatable bonds is 3. The lowest BCUT2D eigenvalue weighted by Gasteiger charge is -2.22. The minimum Gasteiger partial charge on any atom is -0.325 e. The van der Waals surface area contributed by atoms with Crippen LogP contribution in [0, 0.1) is 5.92 Å². The number of alkyl halides is 3. The van der Waals surface area contributed by atoms with Gasteiger partial charge in [0.15, 0.2) is 0 Å². The normalized spacial score (nSPS) is 16.1. The molecule has 0 aliphatic carbocycles. The summed E-state index contributed by atoms with van der Waals surface area (Å²) in [6.07, 6.45) is 1.42. The molecule has 0 saturated carbocycles. The maximum atomic E-state index is 12.5. The van der Waals surface area contributed by atoms with Crippen LogP contribution in [0.25, 0.3) is 0 Å². The first-order chi connectivity index (χ1) is 9.46. The fourth-order valence-corrected chi connectivity index (χ4v) is 2.73. The summed E-state index contributed by atoms with van der Waals surface area (Å²) in [6, 6.07) is 5.98. The average molecular weight is 341 g/mol. The van der Waals surface area contributed by atoms with E-state index in [0.717, 1.165) is 13.1 Å².